The Kier molecular flexibility index (Phi) is 3.16. The second-order valence-corrected chi connectivity index (χ2v) is 5.94. The van der Waals surface area contributed by atoms with Gasteiger partial charge in [-0.05, 0) is 32.1 Å². The third-order valence-corrected chi connectivity index (χ3v) is 4.73. The lowest BCUT2D eigenvalue weighted by Crippen LogP contribution is -2.47. The van der Waals surface area contributed by atoms with Crippen LogP contribution in [0, 0.1) is 11.8 Å². The van der Waals surface area contributed by atoms with Gasteiger partial charge in [0.1, 0.15) is 0 Å². The van der Waals surface area contributed by atoms with Gasteiger partial charge in [-0.3, -0.25) is 9.69 Å². The van der Waals surface area contributed by atoms with Gasteiger partial charge in [-0.25, -0.2) is 0 Å². The van der Waals surface area contributed by atoms with Crippen LogP contribution in [0.4, 0.5) is 0 Å². The summed E-state index contributed by atoms with van der Waals surface area (Å²) in [6.45, 7) is 4.66. The van der Waals surface area contributed by atoms with E-state index in [1.807, 2.05) is 11.8 Å². The second-order valence-electron chi connectivity index (χ2n) is 5.94. The lowest BCUT2D eigenvalue weighted by atomic mass is 9.92. The standard InChI is InChI=1S/C14H22N2O2/c1-10(17)11-4-6-15(7-5-11)9-16-13-3-2-12(8-13)14(16)18/h2-3,10-13,17H,4-9H2,1H3. The van der Waals surface area contributed by atoms with E-state index in [1.165, 1.54) is 0 Å². The molecular weight excluding hydrogens is 228 g/mol. The smallest absolute Gasteiger partial charge is 0.231 e. The fourth-order valence-corrected chi connectivity index (χ4v) is 3.44. The SMILES string of the molecule is CC(O)C1CCN(CN2C(=O)C3C=CC2C3)CC1. The molecule has 3 aliphatic rings. The van der Waals surface area contributed by atoms with Gasteiger partial charge in [-0.2, -0.15) is 0 Å². The third kappa shape index (κ3) is 2.08. The van der Waals surface area contributed by atoms with Gasteiger partial charge >= 0.3 is 0 Å². The van der Waals surface area contributed by atoms with Crippen molar-refractivity contribution in [3.63, 3.8) is 0 Å². The topological polar surface area (TPSA) is 43.8 Å². The van der Waals surface area contributed by atoms with Gasteiger partial charge < -0.3 is 10.0 Å². The van der Waals surface area contributed by atoms with Crippen molar-refractivity contribution in [1.82, 2.24) is 9.80 Å². The predicted molar refractivity (Wildman–Crippen MR) is 68.7 cm³/mol. The molecule has 3 unspecified atom stereocenters. The number of carbonyl (C=O) groups excluding carboxylic acids is 1. The molecule has 2 fully saturated rings. The van der Waals surface area contributed by atoms with Crippen molar-refractivity contribution < 1.29 is 9.90 Å². The number of likely N-dealkylation sites (tertiary alicyclic amines) is 2. The Balaban J connectivity index is 1.53. The predicted octanol–water partition coefficient (Wildman–Crippen LogP) is 0.824. The lowest BCUT2D eigenvalue weighted by molar-refractivity contribution is -0.133. The zero-order valence-electron chi connectivity index (χ0n) is 11.0. The molecule has 4 heteroatoms. The van der Waals surface area contributed by atoms with Crippen LogP contribution in [0.2, 0.25) is 0 Å². The number of aliphatic hydroxyl groups is 1. The summed E-state index contributed by atoms with van der Waals surface area (Å²) in [6.07, 6.45) is 7.12. The van der Waals surface area contributed by atoms with Gasteiger partial charge in [0.2, 0.25) is 5.91 Å². The second kappa shape index (κ2) is 4.67. The molecule has 0 aromatic heterocycles. The summed E-state index contributed by atoms with van der Waals surface area (Å²) >= 11 is 0. The first-order valence-corrected chi connectivity index (χ1v) is 7.04. The van der Waals surface area contributed by atoms with Gasteiger partial charge in [-0.15, -0.1) is 0 Å². The summed E-state index contributed by atoms with van der Waals surface area (Å²) in [6, 6.07) is 0.344. The quantitative estimate of drug-likeness (QED) is 0.754. The minimum absolute atomic E-state index is 0.157. The van der Waals surface area contributed by atoms with Crippen molar-refractivity contribution in [3.05, 3.63) is 12.2 Å². The molecule has 1 amide bonds. The first kappa shape index (κ1) is 12.2. The number of hydrogen-bond donors (Lipinski definition) is 1. The van der Waals surface area contributed by atoms with E-state index in [2.05, 4.69) is 17.1 Å². The number of aliphatic hydroxyl groups excluding tert-OH is 1. The van der Waals surface area contributed by atoms with E-state index in [1.54, 1.807) is 0 Å². The molecule has 0 saturated carbocycles. The van der Waals surface area contributed by atoms with E-state index in [-0.39, 0.29) is 12.0 Å². The Morgan fingerprint density at radius 2 is 2.11 bits per heavy atom. The Hall–Kier alpha value is -0.870. The minimum Gasteiger partial charge on any atom is -0.393 e. The van der Waals surface area contributed by atoms with Crippen molar-refractivity contribution in [2.45, 2.75) is 38.3 Å². The van der Waals surface area contributed by atoms with Crippen LogP contribution < -0.4 is 0 Å². The molecule has 100 valence electrons. The van der Waals surface area contributed by atoms with Crippen LogP contribution in [0.3, 0.4) is 0 Å². The molecular formula is C14H22N2O2. The molecule has 1 N–H and O–H groups in total. The first-order chi connectivity index (χ1) is 8.65. The summed E-state index contributed by atoms with van der Waals surface area (Å²) in [5.74, 6) is 0.900. The molecule has 3 rings (SSSR count). The van der Waals surface area contributed by atoms with Gasteiger partial charge in [0.15, 0.2) is 0 Å². The normalized spacial score (nSPS) is 34.6. The molecule has 18 heavy (non-hydrogen) atoms. The van der Waals surface area contributed by atoms with Crippen molar-refractivity contribution >= 4 is 5.91 Å². The molecule has 2 aliphatic heterocycles. The summed E-state index contributed by atoms with van der Waals surface area (Å²) in [5.41, 5.74) is 0. The van der Waals surface area contributed by atoms with E-state index in [0.717, 1.165) is 39.0 Å². The van der Waals surface area contributed by atoms with Gasteiger partial charge in [0, 0.05) is 13.1 Å². The van der Waals surface area contributed by atoms with Crippen molar-refractivity contribution in [1.29, 1.82) is 0 Å². The summed E-state index contributed by atoms with van der Waals surface area (Å²) in [4.78, 5) is 16.4. The Morgan fingerprint density at radius 1 is 1.39 bits per heavy atom. The monoisotopic (exact) mass is 250 g/mol. The molecule has 3 atom stereocenters. The molecule has 0 aromatic rings. The molecule has 2 bridgehead atoms. The number of nitrogens with zero attached hydrogens (tertiary/aromatic N) is 2. The first-order valence-electron chi connectivity index (χ1n) is 7.04. The van der Waals surface area contributed by atoms with Crippen molar-refractivity contribution in [2.75, 3.05) is 19.8 Å². The van der Waals surface area contributed by atoms with Crippen LogP contribution in [0.25, 0.3) is 0 Å². The molecule has 0 spiro atoms. The summed E-state index contributed by atoms with van der Waals surface area (Å²) in [7, 11) is 0. The minimum atomic E-state index is -0.195. The highest BCUT2D eigenvalue weighted by molar-refractivity contribution is 5.85. The Bertz CT molecular complexity index is 359. The van der Waals surface area contributed by atoms with Gasteiger partial charge in [-0.1, -0.05) is 12.2 Å². The molecule has 1 aliphatic carbocycles. The van der Waals surface area contributed by atoms with Crippen LogP contribution in [0.5, 0.6) is 0 Å². The molecule has 0 aromatic carbocycles. The van der Waals surface area contributed by atoms with Crippen LogP contribution in [0.15, 0.2) is 12.2 Å². The Labute approximate surface area is 108 Å². The van der Waals surface area contributed by atoms with Crippen LogP contribution in [0.1, 0.15) is 26.2 Å². The van der Waals surface area contributed by atoms with Crippen LogP contribution >= 0.6 is 0 Å². The fourth-order valence-electron chi connectivity index (χ4n) is 3.44. The number of piperidine rings is 1. The van der Waals surface area contributed by atoms with Crippen LogP contribution in [-0.4, -0.2) is 52.7 Å². The molecule has 2 heterocycles. The molecule has 2 saturated heterocycles. The highest BCUT2D eigenvalue weighted by atomic mass is 16.3. The number of rotatable bonds is 3. The summed E-state index contributed by atoms with van der Waals surface area (Å²) in [5, 5.41) is 9.58. The van der Waals surface area contributed by atoms with Crippen LogP contribution in [-0.2, 0) is 4.79 Å². The van der Waals surface area contributed by atoms with E-state index >= 15 is 0 Å². The highest BCUT2D eigenvalue weighted by Gasteiger charge is 2.41. The van der Waals surface area contributed by atoms with Gasteiger partial charge in [0.05, 0.1) is 24.7 Å². The maximum absolute atomic E-state index is 12.0. The van der Waals surface area contributed by atoms with E-state index in [0.29, 0.717) is 17.9 Å². The average molecular weight is 250 g/mol. The number of amides is 1. The van der Waals surface area contributed by atoms with Crippen molar-refractivity contribution in [2.24, 2.45) is 11.8 Å². The zero-order chi connectivity index (χ0) is 12.7. The molecule has 4 nitrogen and oxygen atoms in total. The lowest BCUT2D eigenvalue weighted by Gasteiger charge is -2.37. The fraction of sp³-hybridized carbons (Fsp3) is 0.786. The van der Waals surface area contributed by atoms with E-state index < -0.39 is 0 Å². The number of hydrogen-bond acceptors (Lipinski definition) is 3. The number of carbonyl (C=O) groups is 1. The maximum Gasteiger partial charge on any atom is 0.231 e. The molecule has 0 radical (unpaired) electrons. The Morgan fingerprint density at radius 3 is 2.67 bits per heavy atom. The highest BCUT2D eigenvalue weighted by Crippen LogP contribution is 2.33. The number of fused-ring (bicyclic) bond motifs is 2. The van der Waals surface area contributed by atoms with Crippen molar-refractivity contribution in [3.8, 4) is 0 Å². The third-order valence-electron chi connectivity index (χ3n) is 4.73. The van der Waals surface area contributed by atoms with E-state index in [9.17, 15) is 9.90 Å². The largest absolute Gasteiger partial charge is 0.393 e. The zero-order valence-corrected chi connectivity index (χ0v) is 11.0. The summed E-state index contributed by atoms with van der Waals surface area (Å²) < 4.78 is 0. The van der Waals surface area contributed by atoms with E-state index in [4.69, 9.17) is 0 Å². The average Bonchev–Trinajstić information content (AvgIpc) is 2.94. The maximum atomic E-state index is 12.0. The van der Waals surface area contributed by atoms with Gasteiger partial charge in [0.25, 0.3) is 0 Å².